The summed E-state index contributed by atoms with van der Waals surface area (Å²) in [6.07, 6.45) is 3.14. The maximum absolute atomic E-state index is 13.1. The summed E-state index contributed by atoms with van der Waals surface area (Å²) < 4.78 is 1.84. The number of aryl methyl sites for hydroxylation is 2. The van der Waals surface area contributed by atoms with Crippen molar-refractivity contribution < 1.29 is 9.72 Å². The molecule has 28 heavy (non-hydrogen) atoms. The highest BCUT2D eigenvalue weighted by Crippen LogP contribution is 2.20. The quantitative estimate of drug-likeness (QED) is 0.511. The molecule has 4 rings (SSSR count). The van der Waals surface area contributed by atoms with Gasteiger partial charge in [-0.1, -0.05) is 0 Å². The summed E-state index contributed by atoms with van der Waals surface area (Å²) in [5.41, 5.74) is 3.15. The first kappa shape index (κ1) is 17.9. The van der Waals surface area contributed by atoms with Gasteiger partial charge in [-0.15, -0.1) is 0 Å². The minimum Gasteiger partial charge on any atom is -0.353 e. The zero-order valence-corrected chi connectivity index (χ0v) is 15.7. The molecule has 4 heterocycles. The fourth-order valence-electron chi connectivity index (χ4n) is 3.48. The molecule has 0 aliphatic carbocycles. The number of rotatable bonds is 3. The molecule has 144 valence electrons. The molecule has 0 radical (unpaired) electrons. The van der Waals surface area contributed by atoms with Gasteiger partial charge in [-0.05, 0) is 37.6 Å². The summed E-state index contributed by atoms with van der Waals surface area (Å²) >= 11 is 0. The molecule has 0 bridgehead atoms. The van der Waals surface area contributed by atoms with Crippen molar-refractivity contribution in [3.05, 3.63) is 63.7 Å². The van der Waals surface area contributed by atoms with Gasteiger partial charge in [-0.2, -0.15) is 0 Å². The molecular formula is C19H20N6O3. The second-order valence-corrected chi connectivity index (χ2v) is 6.89. The molecular weight excluding hydrogens is 360 g/mol. The topological polar surface area (TPSA) is 96.9 Å². The van der Waals surface area contributed by atoms with Crippen LogP contribution in [-0.4, -0.2) is 56.3 Å². The van der Waals surface area contributed by atoms with Gasteiger partial charge in [-0.3, -0.25) is 19.3 Å². The number of pyridine rings is 2. The van der Waals surface area contributed by atoms with Crippen LogP contribution in [0.15, 0.2) is 36.7 Å². The smallest absolute Gasteiger partial charge is 0.287 e. The minimum absolute atomic E-state index is 0.0316. The van der Waals surface area contributed by atoms with Gasteiger partial charge < -0.3 is 9.80 Å². The Labute approximate surface area is 161 Å². The van der Waals surface area contributed by atoms with Gasteiger partial charge in [0.05, 0.1) is 10.6 Å². The lowest BCUT2D eigenvalue weighted by atomic mass is 10.2. The first-order valence-electron chi connectivity index (χ1n) is 9.04. The molecule has 0 atom stereocenters. The monoisotopic (exact) mass is 380 g/mol. The van der Waals surface area contributed by atoms with Crippen molar-refractivity contribution in [2.45, 2.75) is 13.8 Å². The Balaban J connectivity index is 1.49. The molecule has 9 nitrogen and oxygen atoms in total. The molecule has 3 aromatic heterocycles. The van der Waals surface area contributed by atoms with Crippen LogP contribution < -0.4 is 4.90 Å². The van der Waals surface area contributed by atoms with Crippen molar-refractivity contribution in [2.75, 3.05) is 31.1 Å². The van der Waals surface area contributed by atoms with Crippen molar-refractivity contribution in [2.24, 2.45) is 0 Å². The fourth-order valence-corrected chi connectivity index (χ4v) is 3.48. The molecule has 0 N–H and O–H groups in total. The molecule has 1 aliphatic rings. The van der Waals surface area contributed by atoms with Gasteiger partial charge in [0.1, 0.15) is 23.4 Å². The van der Waals surface area contributed by atoms with Crippen molar-refractivity contribution >= 4 is 23.1 Å². The molecule has 0 spiro atoms. The van der Waals surface area contributed by atoms with E-state index in [4.69, 9.17) is 0 Å². The Kier molecular flexibility index (Phi) is 4.42. The summed E-state index contributed by atoms with van der Waals surface area (Å²) in [5.74, 6) is 0.643. The average Bonchev–Trinajstić information content (AvgIpc) is 3.02. The Bertz CT molecular complexity index is 1050. The van der Waals surface area contributed by atoms with Gasteiger partial charge in [0, 0.05) is 38.4 Å². The number of nitro groups is 1. The summed E-state index contributed by atoms with van der Waals surface area (Å²) in [5, 5.41) is 10.8. The van der Waals surface area contributed by atoms with Gasteiger partial charge in [0.25, 0.3) is 11.6 Å². The van der Waals surface area contributed by atoms with Crippen LogP contribution in [0.1, 0.15) is 21.7 Å². The van der Waals surface area contributed by atoms with Gasteiger partial charge in [-0.25, -0.2) is 9.97 Å². The molecule has 3 aromatic rings. The minimum atomic E-state index is -0.465. The number of carbonyl (C=O) groups excluding carboxylic acids is 1. The second-order valence-electron chi connectivity index (χ2n) is 6.89. The van der Waals surface area contributed by atoms with Crippen LogP contribution in [0, 0.1) is 24.0 Å². The predicted octanol–water partition coefficient (Wildman–Crippen LogP) is 2.22. The highest BCUT2D eigenvalue weighted by Gasteiger charge is 2.26. The van der Waals surface area contributed by atoms with Crippen LogP contribution in [0.2, 0.25) is 0 Å². The van der Waals surface area contributed by atoms with Crippen molar-refractivity contribution in [1.29, 1.82) is 0 Å². The number of piperazine rings is 1. The van der Waals surface area contributed by atoms with Crippen LogP contribution in [0.4, 0.5) is 11.5 Å². The second kappa shape index (κ2) is 6.91. The first-order chi connectivity index (χ1) is 13.4. The van der Waals surface area contributed by atoms with Gasteiger partial charge in [0.15, 0.2) is 0 Å². The SMILES string of the molecule is Cc1ccn2c(C(=O)N3CCN(c4ccc([N+](=O)[O-])cn4)CC3)c(C)nc2c1. The third-order valence-corrected chi connectivity index (χ3v) is 4.99. The Hall–Kier alpha value is -3.49. The molecule has 0 aromatic carbocycles. The molecule has 1 aliphatic heterocycles. The number of carbonyl (C=O) groups is 1. The number of hydrogen-bond acceptors (Lipinski definition) is 6. The van der Waals surface area contributed by atoms with E-state index in [2.05, 4.69) is 9.97 Å². The lowest BCUT2D eigenvalue weighted by Gasteiger charge is -2.35. The van der Waals surface area contributed by atoms with Crippen LogP contribution >= 0.6 is 0 Å². The largest absolute Gasteiger partial charge is 0.353 e. The number of nitrogens with zero attached hydrogens (tertiary/aromatic N) is 6. The summed E-state index contributed by atoms with van der Waals surface area (Å²) in [4.78, 5) is 35.9. The maximum Gasteiger partial charge on any atom is 0.287 e. The number of imidazole rings is 1. The van der Waals surface area contributed by atoms with Crippen LogP contribution in [0.5, 0.6) is 0 Å². The van der Waals surface area contributed by atoms with E-state index >= 15 is 0 Å². The number of aromatic nitrogens is 3. The van der Waals surface area contributed by atoms with E-state index in [0.717, 1.165) is 16.9 Å². The summed E-state index contributed by atoms with van der Waals surface area (Å²) in [6.45, 7) is 6.19. The molecule has 0 saturated carbocycles. The zero-order valence-electron chi connectivity index (χ0n) is 15.7. The normalized spacial score (nSPS) is 14.5. The van der Waals surface area contributed by atoms with Crippen molar-refractivity contribution in [3.63, 3.8) is 0 Å². The molecule has 0 unspecified atom stereocenters. The zero-order chi connectivity index (χ0) is 19.8. The summed E-state index contributed by atoms with van der Waals surface area (Å²) in [7, 11) is 0. The van der Waals surface area contributed by atoms with Gasteiger partial charge in [0.2, 0.25) is 0 Å². The number of amides is 1. The number of hydrogen-bond donors (Lipinski definition) is 0. The molecule has 1 saturated heterocycles. The standard InChI is InChI=1S/C19H20N6O3/c1-13-5-6-24-17(11-13)21-14(2)18(24)19(26)23-9-7-22(8-10-23)16-4-3-15(12-20-16)25(27)28/h3-6,11-12H,7-10H2,1-2H3. The van der Waals surface area contributed by atoms with E-state index in [1.54, 1.807) is 6.07 Å². The highest BCUT2D eigenvalue weighted by molar-refractivity contribution is 5.95. The van der Waals surface area contributed by atoms with Crippen molar-refractivity contribution in [1.82, 2.24) is 19.3 Å². The molecule has 1 amide bonds. The van der Waals surface area contributed by atoms with E-state index in [9.17, 15) is 14.9 Å². The van der Waals surface area contributed by atoms with Crippen LogP contribution in [0.3, 0.4) is 0 Å². The number of fused-ring (bicyclic) bond motifs is 1. The lowest BCUT2D eigenvalue weighted by molar-refractivity contribution is -0.385. The van der Waals surface area contributed by atoms with E-state index < -0.39 is 4.92 Å². The predicted molar refractivity (Wildman–Crippen MR) is 104 cm³/mol. The third kappa shape index (κ3) is 3.15. The Morgan fingerprint density at radius 1 is 1.14 bits per heavy atom. The van der Waals surface area contributed by atoms with Crippen LogP contribution in [0.25, 0.3) is 5.65 Å². The molecule has 1 fully saturated rings. The Morgan fingerprint density at radius 2 is 1.89 bits per heavy atom. The van der Waals surface area contributed by atoms with E-state index in [0.29, 0.717) is 37.7 Å². The summed E-state index contributed by atoms with van der Waals surface area (Å²) in [6, 6.07) is 7.02. The van der Waals surface area contributed by atoms with Gasteiger partial charge >= 0.3 is 0 Å². The lowest BCUT2D eigenvalue weighted by Crippen LogP contribution is -2.49. The maximum atomic E-state index is 13.1. The Morgan fingerprint density at radius 3 is 2.54 bits per heavy atom. The first-order valence-corrected chi connectivity index (χ1v) is 9.04. The average molecular weight is 380 g/mol. The van der Waals surface area contributed by atoms with E-state index in [1.807, 2.05) is 46.4 Å². The van der Waals surface area contributed by atoms with Crippen LogP contribution in [-0.2, 0) is 0 Å². The number of anilines is 1. The van der Waals surface area contributed by atoms with E-state index in [1.165, 1.54) is 12.3 Å². The van der Waals surface area contributed by atoms with Crippen molar-refractivity contribution in [3.8, 4) is 0 Å². The third-order valence-electron chi connectivity index (χ3n) is 4.99. The highest BCUT2D eigenvalue weighted by atomic mass is 16.6. The van der Waals surface area contributed by atoms with E-state index in [-0.39, 0.29) is 11.6 Å². The fraction of sp³-hybridized carbons (Fsp3) is 0.316. The molecule has 9 heteroatoms.